The monoisotopic (exact) mass is 210 g/mol. The highest BCUT2D eigenvalue weighted by atomic mass is 32.2. The van der Waals surface area contributed by atoms with Crippen molar-refractivity contribution >= 4 is 17.7 Å². The Morgan fingerprint density at radius 3 is 2.64 bits per heavy atom. The predicted octanol–water partition coefficient (Wildman–Crippen LogP) is 2.24. The molecule has 0 bridgehead atoms. The number of rotatable bonds is 4. The van der Waals surface area contributed by atoms with Gasteiger partial charge in [-0.15, -0.1) is 5.26 Å². The molecule has 1 rings (SSSR count). The second kappa shape index (κ2) is 5.09. The van der Waals surface area contributed by atoms with Crippen molar-refractivity contribution in [2.45, 2.75) is 5.75 Å². The van der Waals surface area contributed by atoms with Crippen LogP contribution in [0.2, 0.25) is 0 Å². The maximum atomic E-state index is 10.3. The van der Waals surface area contributed by atoms with Crippen LogP contribution in [0.5, 0.6) is 0 Å². The van der Waals surface area contributed by atoms with Gasteiger partial charge in [0.1, 0.15) is 0 Å². The van der Waals surface area contributed by atoms with E-state index in [2.05, 4.69) is 4.18 Å². The first kappa shape index (κ1) is 10.3. The van der Waals surface area contributed by atoms with Crippen LogP contribution < -0.4 is 0 Å². The van der Waals surface area contributed by atoms with Crippen molar-refractivity contribution in [1.82, 2.24) is 0 Å². The first-order valence-electron chi connectivity index (χ1n) is 3.65. The van der Waals surface area contributed by atoms with Crippen LogP contribution in [-0.4, -0.2) is 4.92 Å². The molecule has 14 heavy (non-hydrogen) atoms. The molecule has 0 atom stereocenters. The number of hydrogen-bond acceptors (Lipinski definition) is 5. The summed E-state index contributed by atoms with van der Waals surface area (Å²) in [5.74, 6) is 0.492. The number of nitro groups is 1. The van der Waals surface area contributed by atoms with Gasteiger partial charge in [-0.05, 0) is 5.56 Å². The normalized spacial score (nSPS) is 9.07. The number of nitriles is 1. The lowest BCUT2D eigenvalue weighted by molar-refractivity contribution is -0.384. The lowest BCUT2D eigenvalue weighted by atomic mass is 10.2. The van der Waals surface area contributed by atoms with Gasteiger partial charge in [-0.1, -0.05) is 12.1 Å². The number of non-ortho nitro benzene ring substituents is 1. The molecule has 0 aliphatic rings. The molecule has 6 heteroatoms. The molecule has 0 saturated carbocycles. The van der Waals surface area contributed by atoms with Gasteiger partial charge >= 0.3 is 0 Å². The zero-order chi connectivity index (χ0) is 10.4. The molecule has 0 N–H and O–H groups in total. The van der Waals surface area contributed by atoms with Crippen LogP contribution in [0.1, 0.15) is 5.56 Å². The van der Waals surface area contributed by atoms with Gasteiger partial charge < -0.3 is 4.18 Å². The second-order valence-electron chi connectivity index (χ2n) is 2.36. The SMILES string of the molecule is N#COSCc1ccc([N+](=O)[O-])cc1. The maximum Gasteiger partial charge on any atom is 0.299 e. The summed E-state index contributed by atoms with van der Waals surface area (Å²) >= 11 is 0.990. The molecule has 0 saturated heterocycles. The van der Waals surface area contributed by atoms with Crippen LogP contribution >= 0.6 is 12.0 Å². The van der Waals surface area contributed by atoms with E-state index in [9.17, 15) is 10.1 Å². The summed E-state index contributed by atoms with van der Waals surface area (Å²) in [6.45, 7) is 0. The maximum absolute atomic E-state index is 10.3. The molecule has 0 aliphatic heterocycles. The zero-order valence-corrected chi connectivity index (χ0v) is 7.86. The largest absolute Gasteiger partial charge is 0.352 e. The van der Waals surface area contributed by atoms with Crippen molar-refractivity contribution in [3.63, 3.8) is 0 Å². The van der Waals surface area contributed by atoms with Crippen molar-refractivity contribution in [2.75, 3.05) is 0 Å². The van der Waals surface area contributed by atoms with Crippen LogP contribution in [0.4, 0.5) is 5.69 Å². The van der Waals surface area contributed by atoms with E-state index in [1.807, 2.05) is 0 Å². The molecule has 1 aromatic rings. The highest BCUT2D eigenvalue weighted by molar-refractivity contribution is 7.93. The van der Waals surface area contributed by atoms with Gasteiger partial charge in [-0.2, -0.15) is 0 Å². The van der Waals surface area contributed by atoms with Gasteiger partial charge in [-0.3, -0.25) is 10.1 Å². The molecule has 0 aliphatic carbocycles. The molecular formula is C8H6N2O3S. The van der Waals surface area contributed by atoms with Gasteiger partial charge in [0.25, 0.3) is 11.9 Å². The minimum Gasteiger partial charge on any atom is -0.352 e. The quantitative estimate of drug-likeness (QED) is 0.250. The Balaban J connectivity index is 2.56. The average molecular weight is 210 g/mol. The smallest absolute Gasteiger partial charge is 0.299 e. The third-order valence-electron chi connectivity index (χ3n) is 1.47. The van der Waals surface area contributed by atoms with Gasteiger partial charge in [0.05, 0.1) is 22.7 Å². The summed E-state index contributed by atoms with van der Waals surface area (Å²) in [7, 11) is 0. The Morgan fingerprint density at radius 2 is 2.14 bits per heavy atom. The first-order valence-corrected chi connectivity index (χ1v) is 4.56. The summed E-state index contributed by atoms with van der Waals surface area (Å²) in [4.78, 5) is 9.85. The van der Waals surface area contributed by atoms with Gasteiger partial charge in [0.2, 0.25) is 0 Å². The highest BCUT2D eigenvalue weighted by Gasteiger charge is 2.03. The fourth-order valence-electron chi connectivity index (χ4n) is 0.838. The van der Waals surface area contributed by atoms with E-state index in [4.69, 9.17) is 5.26 Å². The summed E-state index contributed by atoms with van der Waals surface area (Å²) in [5.41, 5.74) is 0.927. The summed E-state index contributed by atoms with van der Waals surface area (Å²) in [6.07, 6.45) is 1.52. The highest BCUT2D eigenvalue weighted by Crippen LogP contribution is 2.16. The molecule has 0 heterocycles. The lowest BCUT2D eigenvalue weighted by Crippen LogP contribution is -1.88. The molecule has 0 aromatic heterocycles. The Morgan fingerprint density at radius 1 is 1.50 bits per heavy atom. The number of nitro benzene ring substituents is 1. The number of benzene rings is 1. The fourth-order valence-corrected chi connectivity index (χ4v) is 1.28. The number of nitrogens with zero attached hydrogens (tertiary/aromatic N) is 2. The standard InChI is InChI=1S/C8H6N2O3S/c9-6-13-14-5-7-1-3-8(4-2-7)10(11)12/h1-4H,5H2. The summed E-state index contributed by atoms with van der Waals surface area (Å²) in [5, 5.41) is 18.4. The van der Waals surface area contributed by atoms with Crippen LogP contribution in [0, 0.1) is 21.6 Å². The zero-order valence-electron chi connectivity index (χ0n) is 7.04. The lowest BCUT2D eigenvalue weighted by Gasteiger charge is -1.96. The van der Waals surface area contributed by atoms with E-state index in [0.717, 1.165) is 17.6 Å². The van der Waals surface area contributed by atoms with Gasteiger partial charge in [0, 0.05) is 12.1 Å². The fraction of sp³-hybridized carbons (Fsp3) is 0.125. The van der Waals surface area contributed by atoms with Crippen molar-refractivity contribution in [3.05, 3.63) is 39.9 Å². The summed E-state index contributed by atoms with van der Waals surface area (Å²) < 4.78 is 4.40. The minimum atomic E-state index is -0.456. The van der Waals surface area contributed by atoms with E-state index in [1.54, 1.807) is 12.1 Å². The third-order valence-corrected chi connectivity index (χ3v) is 2.11. The molecular weight excluding hydrogens is 204 g/mol. The Hall–Kier alpha value is -1.74. The first-order chi connectivity index (χ1) is 6.74. The van der Waals surface area contributed by atoms with Crippen LogP contribution in [0.3, 0.4) is 0 Å². The molecule has 5 nitrogen and oxygen atoms in total. The Labute approximate surface area is 84.7 Å². The van der Waals surface area contributed by atoms with E-state index < -0.39 is 4.92 Å². The third kappa shape index (κ3) is 2.95. The van der Waals surface area contributed by atoms with Crippen molar-refractivity contribution in [3.8, 4) is 6.26 Å². The van der Waals surface area contributed by atoms with Gasteiger partial charge in [0.15, 0.2) is 0 Å². The Kier molecular flexibility index (Phi) is 3.76. The molecule has 0 amide bonds. The topological polar surface area (TPSA) is 76.2 Å². The summed E-state index contributed by atoms with van der Waals surface area (Å²) in [6, 6.07) is 6.10. The molecule has 1 aromatic carbocycles. The second-order valence-corrected chi connectivity index (χ2v) is 3.05. The van der Waals surface area contributed by atoms with E-state index in [-0.39, 0.29) is 5.69 Å². The molecule has 0 spiro atoms. The number of hydrogen-bond donors (Lipinski definition) is 0. The van der Waals surface area contributed by atoms with Crippen LogP contribution in [0.15, 0.2) is 24.3 Å². The van der Waals surface area contributed by atoms with Crippen molar-refractivity contribution < 1.29 is 9.11 Å². The average Bonchev–Trinajstić information content (AvgIpc) is 2.19. The van der Waals surface area contributed by atoms with E-state index in [0.29, 0.717) is 5.75 Å². The van der Waals surface area contributed by atoms with Crippen molar-refractivity contribution in [2.24, 2.45) is 0 Å². The molecule has 0 radical (unpaired) electrons. The molecule has 72 valence electrons. The molecule has 0 fully saturated rings. The van der Waals surface area contributed by atoms with Crippen molar-refractivity contribution in [1.29, 1.82) is 5.26 Å². The van der Waals surface area contributed by atoms with E-state index in [1.165, 1.54) is 18.4 Å². The van der Waals surface area contributed by atoms with E-state index >= 15 is 0 Å². The minimum absolute atomic E-state index is 0.0555. The molecule has 0 unspecified atom stereocenters. The van der Waals surface area contributed by atoms with Crippen LogP contribution in [-0.2, 0) is 9.94 Å². The van der Waals surface area contributed by atoms with Crippen LogP contribution in [0.25, 0.3) is 0 Å². The Bertz CT molecular complexity index is 358. The van der Waals surface area contributed by atoms with Gasteiger partial charge in [-0.25, -0.2) is 0 Å². The predicted molar refractivity (Wildman–Crippen MR) is 51.1 cm³/mol.